The van der Waals surface area contributed by atoms with Crippen LogP contribution in [-0.2, 0) is 4.84 Å². The van der Waals surface area contributed by atoms with Crippen molar-refractivity contribution in [1.82, 2.24) is 5.48 Å². The number of nitrogens with one attached hydrogen (secondary N) is 2. The highest BCUT2D eigenvalue weighted by atomic mass is 127. The predicted octanol–water partition coefficient (Wildman–Crippen LogP) is 4.40. The van der Waals surface area contributed by atoms with Gasteiger partial charge in [0.1, 0.15) is 0 Å². The fourth-order valence-electron chi connectivity index (χ4n) is 2.74. The van der Waals surface area contributed by atoms with E-state index in [2.05, 4.69) is 33.4 Å². The summed E-state index contributed by atoms with van der Waals surface area (Å²) >= 11 is 2.17. The Bertz CT molecular complexity index is 859. The lowest BCUT2D eigenvalue weighted by Crippen LogP contribution is -2.36. The molecule has 0 aromatic heterocycles. The number of hydroxylamine groups is 1. The number of hydrogen-bond acceptors (Lipinski definition) is 4. The highest BCUT2D eigenvalue weighted by Gasteiger charge is 2.27. The average molecular weight is 488 g/mol. The maximum atomic E-state index is 13.7. The van der Waals surface area contributed by atoms with Crippen molar-refractivity contribution in [2.24, 2.45) is 5.92 Å². The minimum absolute atomic E-state index is 0.0257. The van der Waals surface area contributed by atoms with E-state index < -0.39 is 23.8 Å². The van der Waals surface area contributed by atoms with E-state index in [-0.39, 0.29) is 17.2 Å². The second-order valence-corrected chi connectivity index (χ2v) is 7.77. The largest absolute Gasteiger partial charge is 0.366 e. The van der Waals surface area contributed by atoms with Gasteiger partial charge in [0, 0.05) is 21.2 Å². The minimum Gasteiger partial charge on any atom is -0.366 e. The van der Waals surface area contributed by atoms with Crippen molar-refractivity contribution in [3.05, 3.63) is 56.7 Å². The highest BCUT2D eigenvalue weighted by Crippen LogP contribution is 2.30. The molecule has 27 heavy (non-hydrogen) atoms. The van der Waals surface area contributed by atoms with Crippen LogP contribution in [0.4, 0.5) is 20.2 Å². The molecular weight excluding hydrogens is 469 g/mol. The molecule has 0 heterocycles. The smallest absolute Gasteiger partial charge is 0.277 e. The van der Waals surface area contributed by atoms with Crippen LogP contribution >= 0.6 is 22.6 Å². The summed E-state index contributed by atoms with van der Waals surface area (Å²) in [6.07, 6.45) is 1.52. The number of carbonyl (C=O) groups excluding carboxylic acids is 1. The molecule has 1 amide bonds. The molecule has 0 spiro atoms. The van der Waals surface area contributed by atoms with Gasteiger partial charge in [-0.05, 0) is 72.2 Å². The number of aryl methyl sites for hydroxylation is 1. The van der Waals surface area contributed by atoms with E-state index in [4.69, 9.17) is 4.84 Å². The Morgan fingerprint density at radius 2 is 1.93 bits per heavy atom. The predicted molar refractivity (Wildman–Crippen MR) is 105 cm³/mol. The number of rotatable bonds is 6. The third-order valence-electron chi connectivity index (χ3n) is 4.59. The first-order chi connectivity index (χ1) is 12.8. The van der Waals surface area contributed by atoms with Gasteiger partial charge in [-0.25, -0.2) is 19.1 Å². The molecule has 0 radical (unpaired) electrons. The fraction of sp³-hybridized carbons (Fsp3) is 0.316. The molecule has 0 saturated heterocycles. The number of anilines is 2. The van der Waals surface area contributed by atoms with E-state index >= 15 is 0 Å². The number of aliphatic hydroxyl groups excluding tert-OH is 1. The standard InChI is InChI=1S/C19H19F2IN2O3/c1-10-7-12(22)5-6-16(10)23-17-9-15(21)14(20)8-13(17)18(25)24-27-19(26)11-3-2-4-11/h5-9,11,19,23,26H,2-4H2,1H3,(H,24,25). The SMILES string of the molecule is Cc1cc(I)ccc1Nc1cc(F)c(F)cc1C(=O)NOC(O)C1CCC1. The number of hydrogen-bond donors (Lipinski definition) is 3. The number of halogens is 3. The topological polar surface area (TPSA) is 70.6 Å². The molecular formula is C19H19F2IN2O3. The summed E-state index contributed by atoms with van der Waals surface area (Å²) in [6, 6.07) is 7.28. The zero-order valence-corrected chi connectivity index (χ0v) is 16.7. The number of amides is 1. The van der Waals surface area contributed by atoms with Gasteiger partial charge in [0.05, 0.1) is 11.3 Å². The molecule has 1 atom stereocenters. The van der Waals surface area contributed by atoms with Crippen LogP contribution in [0.1, 0.15) is 35.2 Å². The van der Waals surface area contributed by atoms with Gasteiger partial charge in [0.15, 0.2) is 17.9 Å². The molecule has 1 unspecified atom stereocenters. The molecule has 8 heteroatoms. The molecule has 2 aromatic rings. The van der Waals surface area contributed by atoms with Gasteiger partial charge in [0.25, 0.3) is 5.91 Å². The maximum Gasteiger partial charge on any atom is 0.277 e. The number of carbonyl (C=O) groups is 1. The lowest BCUT2D eigenvalue weighted by Gasteiger charge is -2.29. The normalized spacial score (nSPS) is 15.1. The van der Waals surface area contributed by atoms with Gasteiger partial charge in [-0.3, -0.25) is 4.79 Å². The van der Waals surface area contributed by atoms with Gasteiger partial charge in [-0.1, -0.05) is 6.42 Å². The molecule has 2 aromatic carbocycles. The van der Waals surface area contributed by atoms with Crippen LogP contribution in [-0.4, -0.2) is 17.3 Å². The molecule has 0 aliphatic heterocycles. The van der Waals surface area contributed by atoms with E-state index in [1.807, 2.05) is 19.1 Å². The molecule has 3 N–H and O–H groups in total. The van der Waals surface area contributed by atoms with Crippen LogP contribution in [0.2, 0.25) is 0 Å². The second-order valence-electron chi connectivity index (χ2n) is 6.53. The van der Waals surface area contributed by atoms with Crippen LogP contribution < -0.4 is 10.8 Å². The van der Waals surface area contributed by atoms with E-state index in [0.717, 1.165) is 40.5 Å². The molecule has 5 nitrogen and oxygen atoms in total. The zero-order valence-electron chi connectivity index (χ0n) is 14.6. The number of benzene rings is 2. The molecule has 1 saturated carbocycles. The summed E-state index contributed by atoms with van der Waals surface area (Å²) in [4.78, 5) is 17.4. The second kappa shape index (κ2) is 8.49. The fourth-order valence-corrected chi connectivity index (χ4v) is 3.39. The van der Waals surface area contributed by atoms with E-state index in [0.29, 0.717) is 5.69 Å². The first-order valence-corrected chi connectivity index (χ1v) is 9.59. The molecule has 1 aliphatic carbocycles. The lowest BCUT2D eigenvalue weighted by molar-refractivity contribution is -0.178. The van der Waals surface area contributed by atoms with Gasteiger partial charge in [0.2, 0.25) is 0 Å². The van der Waals surface area contributed by atoms with E-state index in [9.17, 15) is 18.7 Å². The maximum absolute atomic E-state index is 13.7. The van der Waals surface area contributed by atoms with Crippen molar-refractivity contribution in [3.8, 4) is 0 Å². The van der Waals surface area contributed by atoms with Crippen LogP contribution in [0.25, 0.3) is 0 Å². The lowest BCUT2D eigenvalue weighted by atomic mass is 9.85. The van der Waals surface area contributed by atoms with Gasteiger partial charge < -0.3 is 10.4 Å². The summed E-state index contributed by atoms with van der Waals surface area (Å²) in [5.41, 5.74) is 3.63. The van der Waals surface area contributed by atoms with E-state index in [1.165, 1.54) is 0 Å². The Labute approximate surface area is 169 Å². The molecule has 144 valence electrons. The third kappa shape index (κ3) is 4.74. The van der Waals surface area contributed by atoms with Crippen LogP contribution in [0.3, 0.4) is 0 Å². The van der Waals surface area contributed by atoms with Crippen molar-refractivity contribution in [2.45, 2.75) is 32.5 Å². The van der Waals surface area contributed by atoms with Crippen LogP contribution in [0.15, 0.2) is 30.3 Å². The highest BCUT2D eigenvalue weighted by molar-refractivity contribution is 14.1. The third-order valence-corrected chi connectivity index (χ3v) is 5.26. The van der Waals surface area contributed by atoms with Gasteiger partial charge >= 0.3 is 0 Å². The van der Waals surface area contributed by atoms with E-state index in [1.54, 1.807) is 6.07 Å². The summed E-state index contributed by atoms with van der Waals surface area (Å²) in [6.45, 7) is 1.86. The van der Waals surface area contributed by atoms with Crippen LogP contribution in [0, 0.1) is 28.0 Å². The summed E-state index contributed by atoms with van der Waals surface area (Å²) in [5, 5.41) is 12.8. The van der Waals surface area contributed by atoms with Crippen LogP contribution in [0.5, 0.6) is 0 Å². The van der Waals surface area contributed by atoms with Gasteiger partial charge in [-0.2, -0.15) is 0 Å². The average Bonchev–Trinajstić information content (AvgIpc) is 2.56. The monoisotopic (exact) mass is 488 g/mol. The van der Waals surface area contributed by atoms with Crippen molar-refractivity contribution in [2.75, 3.05) is 5.32 Å². The Kier molecular flexibility index (Phi) is 6.28. The first kappa shape index (κ1) is 20.0. The Morgan fingerprint density at radius 1 is 1.22 bits per heavy atom. The van der Waals surface area contributed by atoms with Gasteiger partial charge in [-0.15, -0.1) is 0 Å². The van der Waals surface area contributed by atoms with Crippen molar-refractivity contribution in [3.63, 3.8) is 0 Å². The van der Waals surface area contributed by atoms with Crippen molar-refractivity contribution >= 4 is 39.9 Å². The Morgan fingerprint density at radius 3 is 2.56 bits per heavy atom. The molecule has 3 rings (SSSR count). The quantitative estimate of drug-likeness (QED) is 0.321. The van der Waals surface area contributed by atoms with Crippen molar-refractivity contribution < 1.29 is 23.5 Å². The summed E-state index contributed by atoms with van der Waals surface area (Å²) < 4.78 is 28.5. The Hall–Kier alpha value is -1.78. The minimum atomic E-state index is -1.15. The molecule has 1 aliphatic rings. The zero-order chi connectivity index (χ0) is 19.6. The summed E-state index contributed by atoms with van der Waals surface area (Å²) in [7, 11) is 0. The summed E-state index contributed by atoms with van der Waals surface area (Å²) in [5.74, 6) is -3.03. The number of aliphatic hydroxyl groups is 1. The first-order valence-electron chi connectivity index (χ1n) is 8.51. The molecule has 0 bridgehead atoms. The van der Waals surface area contributed by atoms with Crippen molar-refractivity contribution in [1.29, 1.82) is 0 Å². The molecule has 1 fully saturated rings. The Balaban J connectivity index is 1.80.